The van der Waals surface area contributed by atoms with E-state index in [1.807, 2.05) is 13.8 Å². The van der Waals surface area contributed by atoms with E-state index in [1.165, 1.54) is 4.31 Å². The second kappa shape index (κ2) is 8.63. The van der Waals surface area contributed by atoms with Crippen molar-refractivity contribution in [3.05, 3.63) is 0 Å². The molecule has 1 saturated heterocycles. The maximum Gasteiger partial charge on any atom is 0.305 e. The normalized spacial score (nSPS) is 17.4. The summed E-state index contributed by atoms with van der Waals surface area (Å²) in [6, 6.07) is 0. The van der Waals surface area contributed by atoms with Gasteiger partial charge in [-0.1, -0.05) is 13.8 Å². The molecule has 0 spiro atoms. The van der Waals surface area contributed by atoms with Crippen LogP contribution < -0.4 is 0 Å². The van der Waals surface area contributed by atoms with Crippen molar-refractivity contribution in [1.29, 1.82) is 0 Å². The average Bonchev–Trinajstić information content (AvgIpc) is 2.50. The predicted octanol–water partition coefficient (Wildman–Crippen LogP) is 1.01. The van der Waals surface area contributed by atoms with Crippen LogP contribution in [-0.2, 0) is 19.6 Å². The Kier molecular flexibility index (Phi) is 7.47. The van der Waals surface area contributed by atoms with Crippen LogP contribution in [0.1, 0.15) is 40.0 Å². The topological polar surface area (TPSA) is 95.0 Å². The van der Waals surface area contributed by atoms with Gasteiger partial charge in [-0.3, -0.25) is 9.59 Å². The summed E-state index contributed by atoms with van der Waals surface area (Å²) < 4.78 is 25.2. The Morgan fingerprint density at radius 1 is 1.26 bits per heavy atom. The van der Waals surface area contributed by atoms with Gasteiger partial charge < -0.3 is 10.0 Å². The lowest BCUT2D eigenvalue weighted by molar-refractivity contribution is -0.140. The van der Waals surface area contributed by atoms with Crippen molar-refractivity contribution in [2.24, 2.45) is 11.8 Å². The Morgan fingerprint density at radius 2 is 1.83 bits per heavy atom. The van der Waals surface area contributed by atoms with Gasteiger partial charge in [-0.25, -0.2) is 12.7 Å². The highest BCUT2D eigenvalue weighted by molar-refractivity contribution is 7.89. The van der Waals surface area contributed by atoms with E-state index in [1.54, 1.807) is 11.8 Å². The smallest absolute Gasteiger partial charge is 0.305 e. The van der Waals surface area contributed by atoms with Crippen LogP contribution in [0, 0.1) is 11.8 Å². The van der Waals surface area contributed by atoms with Gasteiger partial charge in [-0.2, -0.15) is 0 Å². The van der Waals surface area contributed by atoms with Crippen LogP contribution in [-0.4, -0.2) is 66.5 Å². The Morgan fingerprint density at radius 3 is 2.26 bits per heavy atom. The van der Waals surface area contributed by atoms with Crippen molar-refractivity contribution < 1.29 is 23.1 Å². The van der Waals surface area contributed by atoms with Crippen LogP contribution in [0.5, 0.6) is 0 Å². The Balaban J connectivity index is 2.65. The molecular formula is C15H28N2O5S. The summed E-state index contributed by atoms with van der Waals surface area (Å²) in [5.41, 5.74) is 0. The van der Waals surface area contributed by atoms with E-state index in [4.69, 9.17) is 5.11 Å². The molecule has 1 aliphatic heterocycles. The number of sulfonamides is 1. The van der Waals surface area contributed by atoms with Gasteiger partial charge in [-0.05, 0) is 25.7 Å². The van der Waals surface area contributed by atoms with Gasteiger partial charge in [0.1, 0.15) is 0 Å². The first-order valence-corrected chi connectivity index (χ1v) is 9.76. The lowest BCUT2D eigenvalue weighted by Gasteiger charge is -2.34. The van der Waals surface area contributed by atoms with Crippen LogP contribution in [0.3, 0.4) is 0 Å². The van der Waals surface area contributed by atoms with Gasteiger partial charge in [0.25, 0.3) is 0 Å². The first-order valence-electron chi connectivity index (χ1n) is 8.15. The van der Waals surface area contributed by atoms with E-state index in [0.29, 0.717) is 32.5 Å². The minimum absolute atomic E-state index is 0.0477. The molecule has 0 unspecified atom stereocenters. The van der Waals surface area contributed by atoms with Crippen LogP contribution >= 0.6 is 0 Å². The van der Waals surface area contributed by atoms with Crippen molar-refractivity contribution in [1.82, 2.24) is 9.21 Å². The quantitative estimate of drug-likeness (QED) is 0.706. The number of hydrogen-bond acceptors (Lipinski definition) is 4. The lowest BCUT2D eigenvalue weighted by Crippen LogP contribution is -2.46. The molecule has 1 heterocycles. The first kappa shape index (κ1) is 19.9. The number of nitrogens with zero attached hydrogens (tertiary/aromatic N) is 2. The monoisotopic (exact) mass is 348 g/mol. The summed E-state index contributed by atoms with van der Waals surface area (Å²) in [4.78, 5) is 25.0. The molecule has 134 valence electrons. The highest BCUT2D eigenvalue weighted by Gasteiger charge is 2.32. The zero-order valence-corrected chi connectivity index (χ0v) is 15.0. The van der Waals surface area contributed by atoms with E-state index in [0.717, 1.165) is 0 Å². The van der Waals surface area contributed by atoms with Crippen LogP contribution in [0.25, 0.3) is 0 Å². The lowest BCUT2D eigenvalue weighted by atomic mass is 9.96. The van der Waals surface area contributed by atoms with E-state index >= 15 is 0 Å². The third kappa shape index (κ3) is 6.10. The standard InChI is InChI=1S/C15H28N2O5S/c1-4-23(21,22)17-9-5-13(6-10-17)15(20)16(11-12(2)3)8-7-14(18)19/h12-13H,4-11H2,1-3H3,(H,18,19). The number of hydrogen-bond donors (Lipinski definition) is 1. The molecule has 0 aromatic carbocycles. The Bertz CT molecular complexity index is 510. The number of carbonyl (C=O) groups is 2. The van der Waals surface area contributed by atoms with Gasteiger partial charge in [0.05, 0.1) is 12.2 Å². The number of carbonyl (C=O) groups excluding carboxylic acids is 1. The first-order chi connectivity index (χ1) is 10.7. The molecular weight excluding hydrogens is 320 g/mol. The fourth-order valence-electron chi connectivity index (χ4n) is 2.78. The molecule has 0 aliphatic carbocycles. The third-order valence-electron chi connectivity index (χ3n) is 4.05. The molecule has 23 heavy (non-hydrogen) atoms. The van der Waals surface area contributed by atoms with Gasteiger partial charge in [0.2, 0.25) is 15.9 Å². The molecule has 1 N–H and O–H groups in total. The number of amides is 1. The van der Waals surface area contributed by atoms with Crippen molar-refractivity contribution in [2.75, 3.05) is 31.9 Å². The van der Waals surface area contributed by atoms with Crippen LogP contribution in [0.2, 0.25) is 0 Å². The molecule has 8 heteroatoms. The summed E-state index contributed by atoms with van der Waals surface area (Å²) >= 11 is 0. The molecule has 7 nitrogen and oxygen atoms in total. The predicted molar refractivity (Wildman–Crippen MR) is 87.4 cm³/mol. The zero-order valence-electron chi connectivity index (χ0n) is 14.2. The van der Waals surface area contributed by atoms with Crippen molar-refractivity contribution in [3.8, 4) is 0 Å². The van der Waals surface area contributed by atoms with E-state index in [-0.39, 0.29) is 36.5 Å². The maximum absolute atomic E-state index is 12.6. The summed E-state index contributed by atoms with van der Waals surface area (Å²) in [6.45, 7) is 7.04. The number of rotatable bonds is 8. The highest BCUT2D eigenvalue weighted by Crippen LogP contribution is 2.22. The summed E-state index contributed by atoms with van der Waals surface area (Å²) in [5, 5.41) is 8.83. The third-order valence-corrected chi connectivity index (χ3v) is 5.94. The van der Waals surface area contributed by atoms with Gasteiger partial charge >= 0.3 is 5.97 Å². The molecule has 0 saturated carbocycles. The number of carboxylic acid groups (broad SMARTS) is 1. The molecule has 0 atom stereocenters. The van der Waals surface area contributed by atoms with E-state index in [2.05, 4.69) is 0 Å². The number of carboxylic acids is 1. The summed E-state index contributed by atoms with van der Waals surface area (Å²) in [5.74, 6) is -0.855. The number of aliphatic carboxylic acids is 1. The van der Waals surface area contributed by atoms with E-state index in [9.17, 15) is 18.0 Å². The van der Waals surface area contributed by atoms with Crippen LogP contribution in [0.15, 0.2) is 0 Å². The minimum Gasteiger partial charge on any atom is -0.481 e. The Labute approximate surface area is 138 Å². The molecule has 1 aliphatic rings. The molecule has 1 fully saturated rings. The fraction of sp³-hybridized carbons (Fsp3) is 0.867. The Hall–Kier alpha value is -1.15. The molecule has 1 rings (SSSR count). The highest BCUT2D eigenvalue weighted by atomic mass is 32.2. The van der Waals surface area contributed by atoms with Gasteiger partial charge in [0.15, 0.2) is 0 Å². The maximum atomic E-state index is 12.6. The number of piperidine rings is 1. The second-order valence-electron chi connectivity index (χ2n) is 6.40. The molecule has 0 aromatic heterocycles. The summed E-state index contributed by atoms with van der Waals surface area (Å²) in [7, 11) is -3.20. The molecule has 0 bridgehead atoms. The average molecular weight is 348 g/mol. The zero-order chi connectivity index (χ0) is 17.6. The second-order valence-corrected chi connectivity index (χ2v) is 8.65. The van der Waals surface area contributed by atoms with Gasteiger partial charge in [-0.15, -0.1) is 0 Å². The minimum atomic E-state index is -3.20. The molecule has 0 aromatic rings. The molecule has 0 radical (unpaired) electrons. The largest absolute Gasteiger partial charge is 0.481 e. The molecule has 1 amide bonds. The fourth-order valence-corrected chi connectivity index (χ4v) is 3.92. The van der Waals surface area contributed by atoms with Crippen LogP contribution in [0.4, 0.5) is 0 Å². The van der Waals surface area contributed by atoms with Crippen molar-refractivity contribution >= 4 is 21.9 Å². The van der Waals surface area contributed by atoms with E-state index < -0.39 is 16.0 Å². The SMILES string of the molecule is CCS(=O)(=O)N1CCC(C(=O)N(CCC(=O)O)CC(C)C)CC1. The van der Waals surface area contributed by atoms with Crippen molar-refractivity contribution in [3.63, 3.8) is 0 Å². The summed E-state index contributed by atoms with van der Waals surface area (Å²) in [6.07, 6.45) is 0.932. The van der Waals surface area contributed by atoms with Gasteiger partial charge in [0, 0.05) is 32.1 Å². The van der Waals surface area contributed by atoms with Crippen molar-refractivity contribution in [2.45, 2.75) is 40.0 Å².